The van der Waals surface area contributed by atoms with Crippen molar-refractivity contribution in [2.24, 2.45) is 16.7 Å². The molecule has 1 aliphatic rings. The molecule has 116 valence electrons. The summed E-state index contributed by atoms with van der Waals surface area (Å²) < 4.78 is 1.51. The molecule has 0 spiro atoms. The first-order valence-electron chi connectivity index (χ1n) is 7.24. The van der Waals surface area contributed by atoms with E-state index in [4.69, 9.17) is 0 Å². The van der Waals surface area contributed by atoms with Crippen molar-refractivity contribution in [1.82, 2.24) is 14.8 Å². The minimum Gasteiger partial charge on any atom is -0.505 e. The van der Waals surface area contributed by atoms with E-state index in [-0.39, 0.29) is 28.4 Å². The van der Waals surface area contributed by atoms with Crippen LogP contribution in [0.25, 0.3) is 5.69 Å². The highest BCUT2D eigenvalue weighted by Gasteiger charge is 2.68. The molecule has 0 bridgehead atoms. The number of nitrogens with one attached hydrogen (secondary N) is 1. The van der Waals surface area contributed by atoms with Gasteiger partial charge in [0, 0.05) is 5.92 Å². The highest BCUT2D eigenvalue weighted by molar-refractivity contribution is 5.95. The van der Waals surface area contributed by atoms with E-state index in [1.165, 1.54) is 17.1 Å². The Kier molecular flexibility index (Phi) is 3.02. The van der Waals surface area contributed by atoms with E-state index < -0.39 is 0 Å². The smallest absolute Gasteiger partial charge is 0.229 e. The van der Waals surface area contributed by atoms with Crippen LogP contribution in [-0.4, -0.2) is 25.8 Å². The van der Waals surface area contributed by atoms with Crippen LogP contribution in [0.3, 0.4) is 0 Å². The second-order valence-electron chi connectivity index (χ2n) is 6.91. The van der Waals surface area contributed by atoms with Crippen molar-refractivity contribution >= 4 is 11.7 Å². The van der Waals surface area contributed by atoms with Crippen molar-refractivity contribution in [3.05, 3.63) is 30.7 Å². The Balaban J connectivity index is 1.71. The quantitative estimate of drug-likeness (QED) is 0.913. The molecule has 3 rings (SSSR count). The monoisotopic (exact) mass is 300 g/mol. The van der Waals surface area contributed by atoms with Gasteiger partial charge in [0.2, 0.25) is 5.91 Å². The fourth-order valence-corrected chi connectivity index (χ4v) is 3.10. The Bertz CT molecular complexity index is 702. The summed E-state index contributed by atoms with van der Waals surface area (Å²) >= 11 is 0. The average Bonchev–Trinajstić information content (AvgIpc) is 2.75. The number of carbonyl (C=O) groups excluding carboxylic acids is 1. The molecular formula is C16H20N4O2. The SMILES string of the molecule is CC1(C)C(C(=O)Nc2ccc(-n3cc(O)cn3)cn2)C1(C)C. The number of hydrogen-bond donors (Lipinski definition) is 2. The number of pyridine rings is 1. The maximum atomic E-state index is 12.4. The molecule has 2 heterocycles. The van der Waals surface area contributed by atoms with Crippen LogP contribution < -0.4 is 5.32 Å². The van der Waals surface area contributed by atoms with Crippen molar-refractivity contribution in [3.63, 3.8) is 0 Å². The van der Waals surface area contributed by atoms with Gasteiger partial charge in [-0.05, 0) is 23.0 Å². The van der Waals surface area contributed by atoms with Crippen LogP contribution in [0.15, 0.2) is 30.7 Å². The summed E-state index contributed by atoms with van der Waals surface area (Å²) in [5.41, 5.74) is 0.720. The molecule has 1 saturated carbocycles. The van der Waals surface area contributed by atoms with Gasteiger partial charge in [-0.1, -0.05) is 27.7 Å². The molecule has 1 amide bonds. The third-order valence-electron chi connectivity index (χ3n) is 5.12. The van der Waals surface area contributed by atoms with Crippen molar-refractivity contribution in [1.29, 1.82) is 0 Å². The maximum Gasteiger partial charge on any atom is 0.229 e. The summed E-state index contributed by atoms with van der Waals surface area (Å²) in [4.78, 5) is 16.6. The van der Waals surface area contributed by atoms with Crippen molar-refractivity contribution in [3.8, 4) is 11.4 Å². The van der Waals surface area contributed by atoms with E-state index in [1.54, 1.807) is 18.3 Å². The van der Waals surface area contributed by atoms with Crippen LogP contribution in [0, 0.1) is 16.7 Å². The topological polar surface area (TPSA) is 80.0 Å². The molecule has 0 saturated heterocycles. The Morgan fingerprint density at radius 1 is 1.23 bits per heavy atom. The summed E-state index contributed by atoms with van der Waals surface area (Å²) in [6, 6.07) is 3.52. The number of hydrogen-bond acceptors (Lipinski definition) is 4. The van der Waals surface area contributed by atoms with Crippen molar-refractivity contribution in [2.45, 2.75) is 27.7 Å². The molecular weight excluding hydrogens is 280 g/mol. The molecule has 0 atom stereocenters. The molecule has 0 unspecified atom stereocenters. The molecule has 0 aliphatic heterocycles. The van der Waals surface area contributed by atoms with Gasteiger partial charge in [0.05, 0.1) is 24.3 Å². The first kappa shape index (κ1) is 14.6. The first-order chi connectivity index (χ1) is 10.2. The fourth-order valence-electron chi connectivity index (χ4n) is 3.10. The molecule has 22 heavy (non-hydrogen) atoms. The van der Waals surface area contributed by atoms with Crippen LogP contribution in [0.5, 0.6) is 5.75 Å². The van der Waals surface area contributed by atoms with Crippen LogP contribution in [-0.2, 0) is 4.79 Å². The highest BCUT2D eigenvalue weighted by Crippen LogP contribution is 2.68. The van der Waals surface area contributed by atoms with Gasteiger partial charge in [-0.2, -0.15) is 5.10 Å². The second-order valence-corrected chi connectivity index (χ2v) is 6.91. The summed E-state index contributed by atoms with van der Waals surface area (Å²) in [5.74, 6) is 0.607. The van der Waals surface area contributed by atoms with Gasteiger partial charge >= 0.3 is 0 Å². The van der Waals surface area contributed by atoms with Crippen molar-refractivity contribution in [2.75, 3.05) is 5.32 Å². The minimum absolute atomic E-state index is 0.00358. The predicted octanol–water partition coefficient (Wildman–Crippen LogP) is 2.59. The Labute approximate surface area is 129 Å². The van der Waals surface area contributed by atoms with Crippen LogP contribution in [0.2, 0.25) is 0 Å². The predicted molar refractivity (Wildman–Crippen MR) is 82.7 cm³/mol. The zero-order valence-electron chi connectivity index (χ0n) is 13.2. The van der Waals surface area contributed by atoms with E-state index in [0.29, 0.717) is 11.5 Å². The summed E-state index contributed by atoms with van der Waals surface area (Å²) in [6.45, 7) is 8.44. The standard InChI is InChI=1S/C16H20N4O2/c1-15(2)13(16(15,3)4)14(22)19-12-6-5-10(7-17-12)20-9-11(21)8-18-20/h5-9,13,21H,1-4H3,(H,17,19,22). The lowest BCUT2D eigenvalue weighted by Crippen LogP contribution is -2.18. The van der Waals surface area contributed by atoms with E-state index in [2.05, 4.69) is 43.1 Å². The molecule has 0 aromatic carbocycles. The number of rotatable bonds is 3. The number of nitrogens with zero attached hydrogens (tertiary/aromatic N) is 3. The molecule has 0 radical (unpaired) electrons. The third-order valence-corrected chi connectivity index (χ3v) is 5.12. The minimum atomic E-state index is -0.00969. The normalized spacial score (nSPS) is 18.9. The molecule has 2 N–H and O–H groups in total. The lowest BCUT2D eigenvalue weighted by Gasteiger charge is -2.07. The van der Waals surface area contributed by atoms with E-state index >= 15 is 0 Å². The Morgan fingerprint density at radius 2 is 1.91 bits per heavy atom. The second kappa shape index (κ2) is 4.56. The van der Waals surface area contributed by atoms with E-state index in [0.717, 1.165) is 0 Å². The van der Waals surface area contributed by atoms with Crippen LogP contribution in [0.1, 0.15) is 27.7 Å². The van der Waals surface area contributed by atoms with Gasteiger partial charge in [-0.25, -0.2) is 9.67 Å². The number of amides is 1. The summed E-state index contributed by atoms with van der Waals surface area (Å²) in [5, 5.41) is 16.2. The molecule has 2 aromatic heterocycles. The molecule has 2 aromatic rings. The van der Waals surface area contributed by atoms with Crippen LogP contribution >= 0.6 is 0 Å². The van der Waals surface area contributed by atoms with Gasteiger partial charge in [0.15, 0.2) is 5.75 Å². The fraction of sp³-hybridized carbons (Fsp3) is 0.438. The number of carbonyl (C=O) groups is 1. The van der Waals surface area contributed by atoms with Gasteiger partial charge in [0.25, 0.3) is 0 Å². The zero-order valence-corrected chi connectivity index (χ0v) is 13.2. The van der Waals surface area contributed by atoms with Crippen molar-refractivity contribution < 1.29 is 9.90 Å². The third kappa shape index (κ3) is 2.15. The van der Waals surface area contributed by atoms with E-state index in [9.17, 15) is 9.90 Å². The lowest BCUT2D eigenvalue weighted by atomic mass is 10.0. The molecule has 1 aliphatic carbocycles. The van der Waals surface area contributed by atoms with E-state index in [1.807, 2.05) is 0 Å². The number of aromatic nitrogens is 3. The lowest BCUT2D eigenvalue weighted by molar-refractivity contribution is -0.118. The van der Waals surface area contributed by atoms with Crippen LogP contribution in [0.4, 0.5) is 5.82 Å². The van der Waals surface area contributed by atoms with Gasteiger partial charge in [0.1, 0.15) is 5.82 Å². The molecule has 6 nitrogen and oxygen atoms in total. The van der Waals surface area contributed by atoms with Gasteiger partial charge in [-0.3, -0.25) is 4.79 Å². The zero-order chi connectivity index (χ0) is 16.1. The number of anilines is 1. The maximum absolute atomic E-state index is 12.4. The van der Waals surface area contributed by atoms with Gasteiger partial charge < -0.3 is 10.4 Å². The Hall–Kier alpha value is -2.37. The first-order valence-corrected chi connectivity index (χ1v) is 7.24. The largest absolute Gasteiger partial charge is 0.505 e. The highest BCUT2D eigenvalue weighted by atomic mass is 16.3. The number of aromatic hydroxyl groups is 1. The summed E-state index contributed by atoms with van der Waals surface area (Å²) in [6.07, 6.45) is 4.45. The average molecular weight is 300 g/mol. The molecule has 6 heteroatoms. The Morgan fingerprint density at radius 3 is 2.36 bits per heavy atom. The van der Waals surface area contributed by atoms with Gasteiger partial charge in [-0.15, -0.1) is 0 Å². The summed E-state index contributed by atoms with van der Waals surface area (Å²) in [7, 11) is 0. The molecule has 1 fully saturated rings.